The van der Waals surface area contributed by atoms with Gasteiger partial charge in [-0.25, -0.2) is 9.97 Å². The zero-order valence-electron chi connectivity index (χ0n) is 20.9. The zero-order chi connectivity index (χ0) is 24.9. The number of carbonyl (C=O) groups is 1. The molecule has 1 N–H and O–H groups in total. The molecule has 0 unspecified atom stereocenters. The van der Waals surface area contributed by atoms with Crippen molar-refractivity contribution in [2.24, 2.45) is 10.8 Å². The number of rotatable bonds is 5. The van der Waals surface area contributed by atoms with Crippen LogP contribution in [0.3, 0.4) is 0 Å². The second-order valence-electron chi connectivity index (χ2n) is 10.5. The maximum atomic E-state index is 13.3. The molecule has 1 heterocycles. The molecule has 0 saturated heterocycles. The lowest BCUT2D eigenvalue weighted by Gasteiger charge is -2.63. The summed E-state index contributed by atoms with van der Waals surface area (Å²) >= 11 is 6.34. The molecule has 176 valence electrons. The highest BCUT2D eigenvalue weighted by atomic mass is 35.5. The SMILES string of the molecule is Cc1nc(C(C)C)nc(C)c1C(=O)NC1C(C)(C)C(Oc2ccc(C#N)c(Cl)c2C)C1(C)C. The third kappa shape index (κ3) is 4.19. The van der Waals surface area contributed by atoms with Gasteiger partial charge < -0.3 is 10.1 Å². The number of nitrogens with zero attached hydrogens (tertiary/aromatic N) is 3. The Kier molecular flexibility index (Phi) is 6.52. The number of amides is 1. The van der Waals surface area contributed by atoms with Crippen LogP contribution >= 0.6 is 11.6 Å². The molecular formula is C26H33ClN4O2. The molecule has 1 aliphatic rings. The molecule has 1 saturated carbocycles. The molecule has 6 nitrogen and oxygen atoms in total. The molecule has 0 aliphatic heterocycles. The largest absolute Gasteiger partial charge is 0.489 e. The van der Waals surface area contributed by atoms with E-state index < -0.39 is 0 Å². The van der Waals surface area contributed by atoms with Crippen LogP contribution in [0.2, 0.25) is 5.02 Å². The molecule has 0 spiro atoms. The molecule has 1 fully saturated rings. The summed E-state index contributed by atoms with van der Waals surface area (Å²) in [6.07, 6.45) is -0.167. The summed E-state index contributed by atoms with van der Waals surface area (Å²) in [5.74, 6) is 1.43. The van der Waals surface area contributed by atoms with Crippen molar-refractivity contribution in [3.63, 3.8) is 0 Å². The highest BCUT2D eigenvalue weighted by molar-refractivity contribution is 6.32. The first-order valence-electron chi connectivity index (χ1n) is 11.2. The summed E-state index contributed by atoms with van der Waals surface area (Å²) in [5, 5.41) is 12.9. The van der Waals surface area contributed by atoms with E-state index in [4.69, 9.17) is 16.3 Å². The quantitative estimate of drug-likeness (QED) is 0.611. The van der Waals surface area contributed by atoms with Gasteiger partial charge in [0, 0.05) is 28.4 Å². The molecule has 33 heavy (non-hydrogen) atoms. The third-order valence-corrected chi connectivity index (χ3v) is 7.34. The van der Waals surface area contributed by atoms with E-state index in [2.05, 4.69) is 49.0 Å². The minimum Gasteiger partial charge on any atom is -0.489 e. The van der Waals surface area contributed by atoms with E-state index >= 15 is 0 Å². The Labute approximate surface area is 201 Å². The summed E-state index contributed by atoms with van der Waals surface area (Å²) in [6.45, 7) is 18.0. The number of hydrogen-bond acceptors (Lipinski definition) is 5. The van der Waals surface area contributed by atoms with Crippen LogP contribution < -0.4 is 10.1 Å². The molecule has 3 rings (SSSR count). The van der Waals surface area contributed by atoms with Crippen LogP contribution in [0, 0.1) is 42.9 Å². The van der Waals surface area contributed by atoms with Crippen molar-refractivity contribution in [1.29, 1.82) is 5.26 Å². The van der Waals surface area contributed by atoms with Gasteiger partial charge in [0.15, 0.2) is 0 Å². The molecule has 0 radical (unpaired) electrons. The fraction of sp³-hybridized carbons (Fsp3) is 0.538. The lowest BCUT2D eigenvalue weighted by Crippen LogP contribution is -2.74. The lowest BCUT2D eigenvalue weighted by atomic mass is 9.49. The van der Waals surface area contributed by atoms with Gasteiger partial charge in [-0.1, -0.05) is 53.1 Å². The maximum absolute atomic E-state index is 13.3. The number of halogens is 1. The minimum absolute atomic E-state index is 0.125. The highest BCUT2D eigenvalue weighted by Gasteiger charge is 2.64. The van der Waals surface area contributed by atoms with Gasteiger partial charge in [0.1, 0.15) is 23.7 Å². The van der Waals surface area contributed by atoms with Crippen molar-refractivity contribution in [2.75, 3.05) is 0 Å². The molecule has 0 bridgehead atoms. The second kappa shape index (κ2) is 8.61. The number of hydrogen-bond donors (Lipinski definition) is 1. The van der Waals surface area contributed by atoms with Crippen molar-refractivity contribution in [3.05, 3.63) is 51.1 Å². The summed E-state index contributed by atoms with van der Waals surface area (Å²) in [6, 6.07) is 5.44. The van der Waals surface area contributed by atoms with Gasteiger partial charge >= 0.3 is 0 Å². The fourth-order valence-corrected chi connectivity index (χ4v) is 5.54. The Hall–Kier alpha value is -2.65. The van der Waals surface area contributed by atoms with Gasteiger partial charge in [0.05, 0.1) is 27.5 Å². The average molecular weight is 469 g/mol. The number of nitrogens with one attached hydrogen (secondary N) is 1. The highest BCUT2D eigenvalue weighted by Crippen LogP contribution is 2.56. The first-order chi connectivity index (χ1) is 15.2. The number of benzene rings is 1. The van der Waals surface area contributed by atoms with Crippen molar-refractivity contribution in [2.45, 2.75) is 80.4 Å². The number of ether oxygens (including phenoxy) is 1. The van der Waals surface area contributed by atoms with Gasteiger partial charge in [-0.05, 0) is 32.9 Å². The summed E-state index contributed by atoms with van der Waals surface area (Å²) in [4.78, 5) is 22.4. The first kappa shape index (κ1) is 25.0. The van der Waals surface area contributed by atoms with E-state index in [1.54, 1.807) is 12.1 Å². The van der Waals surface area contributed by atoms with Gasteiger partial charge in [-0.3, -0.25) is 4.79 Å². The Morgan fingerprint density at radius 1 is 1.12 bits per heavy atom. The average Bonchev–Trinajstić information content (AvgIpc) is 2.71. The molecule has 2 aromatic rings. The molecule has 1 aromatic heterocycles. The van der Waals surface area contributed by atoms with Crippen LogP contribution in [0.15, 0.2) is 12.1 Å². The second-order valence-corrected chi connectivity index (χ2v) is 10.9. The molecule has 1 aromatic carbocycles. The van der Waals surface area contributed by atoms with Gasteiger partial charge in [0.25, 0.3) is 5.91 Å². The third-order valence-electron chi connectivity index (χ3n) is 6.85. The van der Waals surface area contributed by atoms with Crippen molar-refractivity contribution in [3.8, 4) is 11.8 Å². The predicted octanol–water partition coefficient (Wildman–Crippen LogP) is 5.66. The van der Waals surface area contributed by atoms with Crippen LogP contribution in [0.4, 0.5) is 0 Å². The van der Waals surface area contributed by atoms with Crippen LogP contribution in [0.1, 0.15) is 86.2 Å². The normalized spacial score (nSPS) is 20.7. The predicted molar refractivity (Wildman–Crippen MR) is 130 cm³/mol. The van der Waals surface area contributed by atoms with Crippen molar-refractivity contribution < 1.29 is 9.53 Å². The lowest BCUT2D eigenvalue weighted by molar-refractivity contribution is -0.164. The number of nitriles is 1. The standard InChI is InChI=1S/C26H33ClN4O2/c1-13(2)21-29-15(4)19(16(5)30-21)22(32)31-23-25(6,7)24(26(23,8)9)33-18-11-10-17(12-28)20(27)14(18)3/h10-11,13,23-24H,1-9H3,(H,31,32). The van der Waals surface area contributed by atoms with Crippen molar-refractivity contribution in [1.82, 2.24) is 15.3 Å². The van der Waals surface area contributed by atoms with Crippen molar-refractivity contribution >= 4 is 17.5 Å². The monoisotopic (exact) mass is 468 g/mol. The van der Waals surface area contributed by atoms with E-state index in [0.717, 1.165) is 11.4 Å². The summed E-state index contributed by atoms with van der Waals surface area (Å²) in [7, 11) is 0. The van der Waals surface area contributed by atoms with Crippen LogP contribution in [-0.4, -0.2) is 28.0 Å². The number of carbonyl (C=O) groups excluding carboxylic acids is 1. The molecule has 1 amide bonds. The van der Waals surface area contributed by atoms with Crippen LogP contribution in [0.5, 0.6) is 5.75 Å². The van der Waals surface area contributed by atoms with Crippen LogP contribution in [0.25, 0.3) is 0 Å². The number of aromatic nitrogens is 2. The van der Waals surface area contributed by atoms with Gasteiger partial charge in [0.2, 0.25) is 0 Å². The Morgan fingerprint density at radius 3 is 2.15 bits per heavy atom. The summed E-state index contributed by atoms with van der Waals surface area (Å²) < 4.78 is 6.43. The Bertz CT molecular complexity index is 1110. The Balaban J connectivity index is 1.84. The molecule has 7 heteroatoms. The van der Waals surface area contributed by atoms with E-state index in [-0.39, 0.29) is 34.8 Å². The topological polar surface area (TPSA) is 87.9 Å². The Morgan fingerprint density at radius 2 is 1.67 bits per heavy atom. The minimum atomic E-state index is -0.341. The zero-order valence-corrected chi connectivity index (χ0v) is 21.7. The van der Waals surface area contributed by atoms with Gasteiger partial charge in [-0.15, -0.1) is 0 Å². The molecular weight excluding hydrogens is 436 g/mol. The summed E-state index contributed by atoms with van der Waals surface area (Å²) in [5.41, 5.74) is 2.39. The van der Waals surface area contributed by atoms with E-state index in [0.29, 0.717) is 33.3 Å². The molecule has 1 aliphatic carbocycles. The smallest absolute Gasteiger partial charge is 0.255 e. The van der Waals surface area contributed by atoms with Crippen LogP contribution in [-0.2, 0) is 0 Å². The first-order valence-corrected chi connectivity index (χ1v) is 11.6. The number of aryl methyl sites for hydroxylation is 2. The maximum Gasteiger partial charge on any atom is 0.255 e. The van der Waals surface area contributed by atoms with E-state index in [1.165, 1.54) is 0 Å². The van der Waals surface area contributed by atoms with E-state index in [9.17, 15) is 10.1 Å². The fourth-order valence-electron chi connectivity index (χ4n) is 5.34. The van der Waals surface area contributed by atoms with Gasteiger partial charge in [-0.2, -0.15) is 5.26 Å². The molecule has 0 atom stereocenters. The van der Waals surface area contributed by atoms with E-state index in [1.807, 2.05) is 34.6 Å².